The number of hydrogen-bond acceptors (Lipinski definition) is 5. The summed E-state index contributed by atoms with van der Waals surface area (Å²) in [6.45, 7) is 3.47. The van der Waals surface area contributed by atoms with Crippen molar-refractivity contribution in [2.24, 2.45) is 0 Å². The molecule has 6 nitrogen and oxygen atoms in total. The summed E-state index contributed by atoms with van der Waals surface area (Å²) in [6.07, 6.45) is 1.75. The summed E-state index contributed by atoms with van der Waals surface area (Å²) in [5.74, 6) is 0.564. The number of amides is 1. The minimum Gasteiger partial charge on any atom is -0.396 e. The molecule has 1 aliphatic rings. The van der Waals surface area contributed by atoms with Crippen LogP contribution in [0.2, 0.25) is 0 Å². The van der Waals surface area contributed by atoms with E-state index in [4.69, 9.17) is 10.5 Å². The second-order valence-corrected chi connectivity index (χ2v) is 4.32. The number of hydrogen-bond donors (Lipinski definition) is 2. The van der Waals surface area contributed by atoms with Gasteiger partial charge >= 0.3 is 0 Å². The highest BCUT2D eigenvalue weighted by atomic mass is 16.5. The number of morpholine rings is 1. The largest absolute Gasteiger partial charge is 0.396 e. The van der Waals surface area contributed by atoms with Gasteiger partial charge in [-0.15, -0.1) is 0 Å². The maximum Gasteiger partial charge on any atom is 0.244 e. The van der Waals surface area contributed by atoms with Crippen LogP contribution in [0.3, 0.4) is 0 Å². The zero-order valence-electron chi connectivity index (χ0n) is 10.6. The molecule has 1 aliphatic heterocycles. The van der Waals surface area contributed by atoms with Gasteiger partial charge in [0.1, 0.15) is 6.04 Å². The Morgan fingerprint density at radius 3 is 3.11 bits per heavy atom. The van der Waals surface area contributed by atoms with Gasteiger partial charge in [0.2, 0.25) is 5.91 Å². The first-order valence-electron chi connectivity index (χ1n) is 5.91. The number of pyridine rings is 1. The summed E-state index contributed by atoms with van der Waals surface area (Å²) in [7, 11) is 1.61. The minimum absolute atomic E-state index is 0.0866. The lowest BCUT2D eigenvalue weighted by molar-refractivity contribution is -0.124. The minimum atomic E-state index is -0.374. The molecule has 0 aromatic carbocycles. The molecule has 0 bridgehead atoms. The second-order valence-electron chi connectivity index (χ2n) is 4.32. The fourth-order valence-electron chi connectivity index (χ4n) is 2.07. The maximum atomic E-state index is 11.8. The molecule has 0 spiro atoms. The van der Waals surface area contributed by atoms with Gasteiger partial charge in [-0.2, -0.15) is 0 Å². The number of rotatable bonds is 2. The second kappa shape index (κ2) is 5.22. The average Bonchev–Trinajstić information content (AvgIpc) is 2.38. The Morgan fingerprint density at radius 1 is 1.67 bits per heavy atom. The van der Waals surface area contributed by atoms with E-state index in [2.05, 4.69) is 10.3 Å². The van der Waals surface area contributed by atoms with Crippen LogP contribution < -0.4 is 16.0 Å². The Balaban J connectivity index is 2.30. The van der Waals surface area contributed by atoms with Gasteiger partial charge in [-0.25, -0.2) is 4.98 Å². The van der Waals surface area contributed by atoms with Crippen molar-refractivity contribution in [2.75, 3.05) is 37.4 Å². The fourth-order valence-corrected chi connectivity index (χ4v) is 2.07. The Labute approximate surface area is 106 Å². The molecule has 3 N–H and O–H groups in total. The van der Waals surface area contributed by atoms with Gasteiger partial charge in [0, 0.05) is 19.8 Å². The number of anilines is 2. The standard InChI is InChI=1S/C12H18N4O2/c1-8-5-9(13)11(15-6-8)16-3-4-18-7-10(16)12(17)14-2/h5-6,10H,3-4,7,13H2,1-2H3,(H,14,17). The van der Waals surface area contributed by atoms with E-state index in [-0.39, 0.29) is 11.9 Å². The number of ether oxygens (including phenoxy) is 1. The number of carbonyl (C=O) groups is 1. The maximum absolute atomic E-state index is 11.8. The summed E-state index contributed by atoms with van der Waals surface area (Å²) < 4.78 is 5.35. The van der Waals surface area contributed by atoms with Crippen LogP contribution >= 0.6 is 0 Å². The molecular formula is C12H18N4O2. The smallest absolute Gasteiger partial charge is 0.244 e. The lowest BCUT2D eigenvalue weighted by Gasteiger charge is -2.35. The molecule has 2 heterocycles. The summed E-state index contributed by atoms with van der Waals surface area (Å²) in [5.41, 5.74) is 7.57. The SMILES string of the molecule is CNC(=O)C1COCCN1c1ncc(C)cc1N. The molecule has 1 amide bonds. The topological polar surface area (TPSA) is 80.5 Å². The van der Waals surface area contributed by atoms with Crippen LogP contribution in [0.4, 0.5) is 11.5 Å². The highest BCUT2D eigenvalue weighted by Gasteiger charge is 2.30. The normalized spacial score (nSPS) is 19.7. The fraction of sp³-hybridized carbons (Fsp3) is 0.500. The van der Waals surface area contributed by atoms with Crippen LogP contribution in [0.25, 0.3) is 0 Å². The van der Waals surface area contributed by atoms with Crippen LogP contribution in [-0.4, -0.2) is 43.7 Å². The summed E-state index contributed by atoms with van der Waals surface area (Å²) in [4.78, 5) is 18.1. The number of nitrogens with zero attached hydrogens (tertiary/aromatic N) is 2. The van der Waals surface area contributed by atoms with E-state index < -0.39 is 0 Å². The van der Waals surface area contributed by atoms with E-state index in [0.29, 0.717) is 31.3 Å². The Hall–Kier alpha value is -1.82. The van der Waals surface area contributed by atoms with Gasteiger partial charge in [-0.3, -0.25) is 4.79 Å². The van der Waals surface area contributed by atoms with Crippen molar-refractivity contribution in [3.05, 3.63) is 17.8 Å². The molecule has 0 aliphatic carbocycles. The van der Waals surface area contributed by atoms with Crippen molar-refractivity contribution in [1.82, 2.24) is 10.3 Å². The molecule has 1 atom stereocenters. The number of aromatic nitrogens is 1. The van der Waals surface area contributed by atoms with Crippen molar-refractivity contribution in [3.8, 4) is 0 Å². The molecule has 0 radical (unpaired) electrons. The van der Waals surface area contributed by atoms with Crippen molar-refractivity contribution >= 4 is 17.4 Å². The Kier molecular flexibility index (Phi) is 3.66. The summed E-state index contributed by atoms with van der Waals surface area (Å²) in [5, 5.41) is 2.64. The zero-order valence-corrected chi connectivity index (χ0v) is 10.6. The van der Waals surface area contributed by atoms with Crippen LogP contribution in [0.5, 0.6) is 0 Å². The van der Waals surface area contributed by atoms with Gasteiger partial charge in [-0.1, -0.05) is 0 Å². The first-order chi connectivity index (χ1) is 8.63. The van der Waals surface area contributed by atoms with E-state index in [0.717, 1.165) is 5.56 Å². The number of likely N-dealkylation sites (N-methyl/N-ethyl adjacent to an activating group) is 1. The van der Waals surface area contributed by atoms with E-state index in [1.54, 1.807) is 13.2 Å². The molecule has 2 rings (SSSR count). The van der Waals surface area contributed by atoms with Gasteiger partial charge in [0.05, 0.1) is 18.9 Å². The number of nitrogens with two attached hydrogens (primary N) is 1. The number of nitrogens with one attached hydrogen (secondary N) is 1. The molecule has 1 aromatic rings. The lowest BCUT2D eigenvalue weighted by Crippen LogP contribution is -2.53. The molecule has 98 valence electrons. The van der Waals surface area contributed by atoms with Crippen molar-refractivity contribution in [1.29, 1.82) is 0 Å². The van der Waals surface area contributed by atoms with Crippen LogP contribution in [-0.2, 0) is 9.53 Å². The first-order valence-corrected chi connectivity index (χ1v) is 5.91. The summed E-state index contributed by atoms with van der Waals surface area (Å²) in [6, 6.07) is 1.49. The molecule has 1 aromatic heterocycles. The Bertz CT molecular complexity index is 450. The van der Waals surface area contributed by atoms with Crippen molar-refractivity contribution in [2.45, 2.75) is 13.0 Å². The van der Waals surface area contributed by atoms with E-state index in [9.17, 15) is 4.79 Å². The number of carbonyl (C=O) groups excluding carboxylic acids is 1. The van der Waals surface area contributed by atoms with E-state index in [1.807, 2.05) is 17.9 Å². The lowest BCUT2D eigenvalue weighted by atomic mass is 10.2. The van der Waals surface area contributed by atoms with Crippen molar-refractivity contribution < 1.29 is 9.53 Å². The van der Waals surface area contributed by atoms with Gasteiger partial charge in [0.25, 0.3) is 0 Å². The van der Waals surface area contributed by atoms with Crippen LogP contribution in [0.15, 0.2) is 12.3 Å². The van der Waals surface area contributed by atoms with Crippen LogP contribution in [0, 0.1) is 6.92 Å². The predicted octanol–water partition coefficient (Wildman–Crippen LogP) is -0.0766. The summed E-state index contributed by atoms with van der Waals surface area (Å²) >= 11 is 0. The van der Waals surface area contributed by atoms with Crippen molar-refractivity contribution in [3.63, 3.8) is 0 Å². The predicted molar refractivity (Wildman–Crippen MR) is 69.4 cm³/mol. The molecule has 1 unspecified atom stereocenters. The van der Waals surface area contributed by atoms with Gasteiger partial charge < -0.3 is 20.7 Å². The third-order valence-corrected chi connectivity index (χ3v) is 2.98. The Morgan fingerprint density at radius 2 is 2.44 bits per heavy atom. The highest BCUT2D eigenvalue weighted by molar-refractivity contribution is 5.86. The molecular weight excluding hydrogens is 232 g/mol. The number of aryl methyl sites for hydroxylation is 1. The van der Waals surface area contributed by atoms with Crippen LogP contribution in [0.1, 0.15) is 5.56 Å². The first kappa shape index (κ1) is 12.6. The molecule has 0 saturated carbocycles. The monoisotopic (exact) mass is 250 g/mol. The van der Waals surface area contributed by atoms with Gasteiger partial charge in [0.15, 0.2) is 5.82 Å². The molecule has 6 heteroatoms. The average molecular weight is 250 g/mol. The third-order valence-electron chi connectivity index (χ3n) is 2.98. The van der Waals surface area contributed by atoms with Gasteiger partial charge in [-0.05, 0) is 18.6 Å². The molecule has 1 saturated heterocycles. The molecule has 1 fully saturated rings. The zero-order chi connectivity index (χ0) is 13.1. The van der Waals surface area contributed by atoms with E-state index >= 15 is 0 Å². The third kappa shape index (κ3) is 2.38. The molecule has 18 heavy (non-hydrogen) atoms. The quantitative estimate of drug-likeness (QED) is 0.767. The number of nitrogen functional groups attached to an aromatic ring is 1. The highest BCUT2D eigenvalue weighted by Crippen LogP contribution is 2.24. The van der Waals surface area contributed by atoms with E-state index in [1.165, 1.54) is 0 Å².